The van der Waals surface area contributed by atoms with Gasteiger partial charge in [0.15, 0.2) is 0 Å². The largest absolute Gasteiger partial charge is 4.00 e. The van der Waals surface area contributed by atoms with Gasteiger partial charge in [0.05, 0.1) is 0 Å². The van der Waals surface area contributed by atoms with Crippen molar-refractivity contribution in [1.29, 1.82) is 0 Å². The van der Waals surface area contributed by atoms with Crippen molar-refractivity contribution < 1.29 is 41.2 Å². The van der Waals surface area contributed by atoms with Gasteiger partial charge in [-0.3, -0.25) is 0 Å². The Labute approximate surface area is 154 Å². The first kappa shape index (κ1) is 26.5. The molecule has 0 aromatic carbocycles. The van der Waals surface area contributed by atoms with Crippen LogP contribution in [0.5, 0.6) is 0 Å². The Kier molecular flexibility index (Phi) is 24.8. The van der Waals surface area contributed by atoms with Crippen molar-refractivity contribution in [2.75, 3.05) is 19.8 Å². The van der Waals surface area contributed by atoms with Gasteiger partial charge in [-0.1, -0.05) is 39.8 Å². The molecule has 0 aromatic heterocycles. The summed E-state index contributed by atoms with van der Waals surface area (Å²) in [6.45, 7) is 6.93. The summed E-state index contributed by atoms with van der Waals surface area (Å²) in [4.78, 5) is 0. The third kappa shape index (κ3) is 14.5. The maximum Gasteiger partial charge on any atom is 4.00 e. The molecule has 0 N–H and O–H groups in total. The molecule has 0 fully saturated rings. The Morgan fingerprint density at radius 2 is 1.09 bits per heavy atom. The van der Waals surface area contributed by atoms with E-state index in [4.69, 9.17) is 15.3 Å². The summed E-state index contributed by atoms with van der Waals surface area (Å²) >= 11 is 0. The third-order valence-corrected chi connectivity index (χ3v) is 2.51. The van der Waals surface area contributed by atoms with Crippen LogP contribution in [0.15, 0.2) is 47.6 Å². The van der Waals surface area contributed by atoms with Gasteiger partial charge in [-0.05, 0) is 12.8 Å². The van der Waals surface area contributed by atoms with Crippen molar-refractivity contribution in [2.24, 2.45) is 0 Å². The van der Waals surface area contributed by atoms with E-state index in [1.165, 1.54) is 17.1 Å². The van der Waals surface area contributed by atoms with Crippen LogP contribution in [0.3, 0.4) is 0 Å². The van der Waals surface area contributed by atoms with Crippen molar-refractivity contribution in [3.63, 3.8) is 0 Å². The fourth-order valence-electron chi connectivity index (χ4n) is 1.66. The summed E-state index contributed by atoms with van der Waals surface area (Å²) < 4.78 is 0. The molecule has 0 saturated carbocycles. The van der Waals surface area contributed by atoms with Gasteiger partial charge in [0.25, 0.3) is 0 Å². The molecule has 22 heavy (non-hydrogen) atoms. The molecule has 0 aromatic rings. The average Bonchev–Trinajstić information content (AvgIpc) is 3.15. The van der Waals surface area contributed by atoms with Crippen LogP contribution in [-0.2, 0) is 25.8 Å². The molecule has 0 spiro atoms. The van der Waals surface area contributed by atoms with E-state index < -0.39 is 0 Å². The molecule has 0 atom stereocenters. The van der Waals surface area contributed by atoms with Crippen LogP contribution in [0, 0.1) is 5.92 Å². The van der Waals surface area contributed by atoms with Crippen LogP contribution in [0.4, 0.5) is 0 Å². The normalized spacial score (nSPS) is 13.2. The van der Waals surface area contributed by atoms with Crippen LogP contribution in [0.25, 0.3) is 0 Å². The van der Waals surface area contributed by atoms with E-state index in [9.17, 15) is 0 Å². The van der Waals surface area contributed by atoms with E-state index in [2.05, 4.69) is 43.4 Å². The van der Waals surface area contributed by atoms with Crippen LogP contribution in [0.2, 0.25) is 0 Å². The number of rotatable bonds is 2. The molecular weight excluding hydrogens is 443 g/mol. The van der Waals surface area contributed by atoms with Crippen LogP contribution < -0.4 is 15.3 Å². The number of hydrogen-bond acceptors (Lipinski definition) is 3. The molecule has 3 nitrogen and oxygen atoms in total. The minimum absolute atomic E-state index is 0. The predicted octanol–water partition coefficient (Wildman–Crippen LogP) is 1.45. The van der Waals surface area contributed by atoms with Gasteiger partial charge >= 0.3 is 25.8 Å². The molecule has 2 aliphatic carbocycles. The molecular formula is C18H28HfO3. The van der Waals surface area contributed by atoms with Crippen molar-refractivity contribution in [3.05, 3.63) is 53.5 Å². The zero-order valence-electron chi connectivity index (χ0n) is 14.2. The Hall–Kier alpha value is -0.420. The topological polar surface area (TPSA) is 69.2 Å². The van der Waals surface area contributed by atoms with Crippen LogP contribution in [-0.4, -0.2) is 19.8 Å². The van der Waals surface area contributed by atoms with Gasteiger partial charge in [0.1, 0.15) is 0 Å². The summed E-state index contributed by atoms with van der Waals surface area (Å²) in [7, 11) is 0. The summed E-state index contributed by atoms with van der Waals surface area (Å²) in [5, 5.41) is 26.8. The van der Waals surface area contributed by atoms with Crippen molar-refractivity contribution >= 4 is 0 Å². The Bertz CT molecular complexity index is 309. The second kappa shape index (κ2) is 20.6. The van der Waals surface area contributed by atoms with Crippen molar-refractivity contribution in [3.8, 4) is 0 Å². The van der Waals surface area contributed by atoms with Crippen molar-refractivity contribution in [2.45, 2.75) is 40.5 Å². The van der Waals surface area contributed by atoms with Crippen molar-refractivity contribution in [1.82, 2.24) is 0 Å². The Balaban J connectivity index is -0.000000307. The SMILES string of the molecule is CC[O-].CC[O-].CC[O-].C[C-](C1=CC=CC1)C1=CC=CC1.[Hf+4]. The van der Waals surface area contributed by atoms with Gasteiger partial charge in [-0.15, -0.1) is 43.1 Å². The standard InChI is InChI=1S/C12H13.3C2H5O.Hf/c1-10(11-6-2-3-7-11)12-8-4-5-9-12;3*1-2-3;/h2-6,8H,7,9H2,1H3;3*2H2,1H3;/q4*-1;+4. The number of allylic oxidation sites excluding steroid dienone is 8. The van der Waals surface area contributed by atoms with E-state index >= 15 is 0 Å². The molecule has 2 aliphatic rings. The van der Waals surface area contributed by atoms with E-state index in [0.29, 0.717) is 0 Å². The van der Waals surface area contributed by atoms with E-state index in [1.54, 1.807) is 20.8 Å². The summed E-state index contributed by atoms with van der Waals surface area (Å²) in [6, 6.07) is 0. The van der Waals surface area contributed by atoms with Gasteiger partial charge < -0.3 is 15.3 Å². The van der Waals surface area contributed by atoms with Crippen LogP contribution in [0.1, 0.15) is 40.5 Å². The van der Waals surface area contributed by atoms with Gasteiger partial charge in [0, 0.05) is 0 Å². The van der Waals surface area contributed by atoms with Crippen LogP contribution >= 0.6 is 0 Å². The molecule has 0 aliphatic heterocycles. The molecule has 0 amide bonds. The minimum Gasteiger partial charge on any atom is -0.855 e. The van der Waals surface area contributed by atoms with Gasteiger partial charge in [-0.2, -0.15) is 18.1 Å². The first-order valence-electron chi connectivity index (χ1n) is 7.42. The average molecular weight is 471 g/mol. The van der Waals surface area contributed by atoms with E-state index in [1.807, 2.05) is 0 Å². The molecule has 0 unspecified atom stereocenters. The smallest absolute Gasteiger partial charge is 0.855 e. The Morgan fingerprint density at radius 3 is 1.27 bits per heavy atom. The monoisotopic (exact) mass is 472 g/mol. The second-order valence-electron chi connectivity index (χ2n) is 4.14. The zero-order valence-corrected chi connectivity index (χ0v) is 17.8. The summed E-state index contributed by atoms with van der Waals surface area (Å²) in [6.07, 6.45) is 15.4. The minimum atomic E-state index is 0. The zero-order chi connectivity index (χ0) is 16.5. The first-order valence-corrected chi connectivity index (χ1v) is 7.42. The van der Waals surface area contributed by atoms with Gasteiger partial charge in [-0.25, -0.2) is 0 Å². The fraction of sp³-hybridized carbons (Fsp3) is 0.500. The summed E-state index contributed by atoms with van der Waals surface area (Å²) in [5.41, 5.74) is 2.95. The first-order chi connectivity index (χ1) is 10.1. The molecule has 2 rings (SSSR count). The van der Waals surface area contributed by atoms with Gasteiger partial charge in [0.2, 0.25) is 0 Å². The summed E-state index contributed by atoms with van der Waals surface area (Å²) in [5.74, 6) is 1.46. The fourth-order valence-corrected chi connectivity index (χ4v) is 1.66. The third-order valence-electron chi connectivity index (χ3n) is 2.51. The maximum atomic E-state index is 8.93. The molecule has 122 valence electrons. The Morgan fingerprint density at radius 1 is 0.818 bits per heavy atom. The quantitative estimate of drug-likeness (QED) is 0.453. The maximum absolute atomic E-state index is 8.93. The van der Waals surface area contributed by atoms with E-state index in [-0.39, 0.29) is 45.7 Å². The molecule has 0 heterocycles. The molecule has 0 radical (unpaired) electrons. The van der Waals surface area contributed by atoms with E-state index in [0.717, 1.165) is 12.8 Å². The number of hydrogen-bond donors (Lipinski definition) is 0. The molecule has 4 heteroatoms. The second-order valence-corrected chi connectivity index (χ2v) is 4.14. The molecule has 0 saturated heterocycles. The predicted molar refractivity (Wildman–Crippen MR) is 84.2 cm³/mol. The molecule has 0 bridgehead atoms.